The minimum absolute atomic E-state index is 0.597. The molecule has 0 aliphatic rings. The maximum Gasteiger partial charge on any atom is 0.323 e. The molecule has 0 radical (unpaired) electrons. The van der Waals surface area contributed by atoms with Gasteiger partial charge in [0.15, 0.2) is 5.25 Å². The topological polar surface area (TPSA) is 127 Å². The Morgan fingerprint density at radius 2 is 2.00 bits per heavy atom. The minimum atomic E-state index is -4.00. The molecule has 0 aromatic heterocycles. The van der Waals surface area contributed by atoms with Crippen molar-refractivity contribution in [2.24, 2.45) is 5.73 Å². The number of carbonyl (C=O) groups is 2. The highest BCUT2D eigenvalue weighted by Gasteiger charge is 2.27. The van der Waals surface area contributed by atoms with Gasteiger partial charge in [-0.2, -0.15) is 0 Å². The number of carboxylic acids is 1. The number of nitrogens with one attached hydrogen (secondary N) is 1. The molecule has 0 fully saturated rings. The van der Waals surface area contributed by atoms with Gasteiger partial charge in [0.2, 0.25) is 15.9 Å². The summed E-state index contributed by atoms with van der Waals surface area (Å²) in [5, 5.41) is 6.74. The monoisotopic (exact) mass is 210 g/mol. The summed E-state index contributed by atoms with van der Waals surface area (Å²) in [6.45, 7) is 0.394. The zero-order valence-corrected chi connectivity index (χ0v) is 7.67. The van der Waals surface area contributed by atoms with Gasteiger partial charge in [-0.1, -0.05) is 0 Å². The van der Waals surface area contributed by atoms with Crippen molar-refractivity contribution in [1.82, 2.24) is 4.72 Å². The van der Waals surface area contributed by atoms with E-state index in [-0.39, 0.29) is 0 Å². The maximum atomic E-state index is 11.0. The van der Waals surface area contributed by atoms with Crippen molar-refractivity contribution in [3.05, 3.63) is 0 Å². The Morgan fingerprint density at radius 1 is 1.54 bits per heavy atom. The SMILES string of the molecule is CC(C(=O)O)S(=O)(=O)NCC(N)=O. The van der Waals surface area contributed by atoms with Crippen LogP contribution in [-0.4, -0.2) is 37.2 Å². The Morgan fingerprint density at radius 3 is 2.31 bits per heavy atom. The Labute approximate surface area is 75.0 Å². The molecule has 0 bridgehead atoms. The van der Waals surface area contributed by atoms with E-state index < -0.39 is 33.7 Å². The van der Waals surface area contributed by atoms with Gasteiger partial charge in [-0.25, -0.2) is 13.1 Å². The van der Waals surface area contributed by atoms with Gasteiger partial charge in [0, 0.05) is 0 Å². The van der Waals surface area contributed by atoms with E-state index in [0.717, 1.165) is 6.92 Å². The number of rotatable bonds is 5. The van der Waals surface area contributed by atoms with Crippen molar-refractivity contribution in [1.29, 1.82) is 0 Å². The Bertz CT molecular complexity index is 309. The molecule has 0 rings (SSSR count). The lowest BCUT2D eigenvalue weighted by Crippen LogP contribution is -2.41. The predicted molar refractivity (Wildman–Crippen MR) is 43.2 cm³/mol. The summed E-state index contributed by atoms with van der Waals surface area (Å²) < 4.78 is 23.7. The average Bonchev–Trinajstić information content (AvgIpc) is 1.99. The molecule has 0 saturated heterocycles. The third kappa shape index (κ3) is 3.85. The Kier molecular flexibility index (Phi) is 3.82. The van der Waals surface area contributed by atoms with Gasteiger partial charge in [-0.3, -0.25) is 9.59 Å². The normalized spacial score (nSPS) is 13.6. The summed E-state index contributed by atoms with van der Waals surface area (Å²) in [5.41, 5.74) is 4.66. The number of hydrogen-bond acceptors (Lipinski definition) is 4. The van der Waals surface area contributed by atoms with Crippen LogP contribution in [0.1, 0.15) is 6.92 Å². The zero-order chi connectivity index (χ0) is 10.6. The smallest absolute Gasteiger partial charge is 0.323 e. The van der Waals surface area contributed by atoms with Gasteiger partial charge in [0.1, 0.15) is 0 Å². The van der Waals surface area contributed by atoms with Crippen LogP contribution in [-0.2, 0) is 19.6 Å². The molecule has 7 nitrogen and oxygen atoms in total. The predicted octanol–water partition coefficient (Wildman–Crippen LogP) is -2.14. The zero-order valence-electron chi connectivity index (χ0n) is 6.85. The van der Waals surface area contributed by atoms with Crippen LogP contribution < -0.4 is 10.5 Å². The summed E-state index contributed by atoms with van der Waals surface area (Å²) in [7, 11) is -4.00. The number of carbonyl (C=O) groups excluding carboxylic acids is 1. The number of nitrogens with two attached hydrogens (primary N) is 1. The Balaban J connectivity index is 4.41. The highest BCUT2D eigenvalue weighted by Crippen LogP contribution is 1.96. The molecule has 1 atom stereocenters. The highest BCUT2D eigenvalue weighted by atomic mass is 32.2. The lowest BCUT2D eigenvalue weighted by molar-refractivity contribution is -0.136. The average molecular weight is 210 g/mol. The second kappa shape index (κ2) is 4.19. The largest absolute Gasteiger partial charge is 0.480 e. The third-order valence-corrected chi connectivity index (χ3v) is 2.94. The molecule has 76 valence electrons. The lowest BCUT2D eigenvalue weighted by Gasteiger charge is -2.07. The fraction of sp³-hybridized carbons (Fsp3) is 0.600. The van der Waals surface area contributed by atoms with E-state index in [9.17, 15) is 18.0 Å². The summed E-state index contributed by atoms with van der Waals surface area (Å²) >= 11 is 0. The molecule has 0 aromatic rings. The van der Waals surface area contributed by atoms with E-state index in [1.807, 2.05) is 0 Å². The van der Waals surface area contributed by atoms with E-state index in [1.54, 1.807) is 4.72 Å². The van der Waals surface area contributed by atoms with E-state index in [0.29, 0.717) is 0 Å². The number of amides is 1. The summed E-state index contributed by atoms with van der Waals surface area (Å²) in [6, 6.07) is 0. The molecule has 1 amide bonds. The summed E-state index contributed by atoms with van der Waals surface area (Å²) in [6.07, 6.45) is 0. The van der Waals surface area contributed by atoms with Crippen molar-refractivity contribution >= 4 is 21.9 Å². The first-order valence-electron chi connectivity index (χ1n) is 3.27. The van der Waals surface area contributed by atoms with Gasteiger partial charge in [0.05, 0.1) is 6.54 Å². The molecule has 0 heterocycles. The molecule has 1 unspecified atom stereocenters. The maximum absolute atomic E-state index is 11.0. The minimum Gasteiger partial charge on any atom is -0.480 e. The molecule has 0 aromatic carbocycles. The first-order chi connectivity index (χ1) is 5.77. The molecule has 8 heteroatoms. The van der Waals surface area contributed by atoms with Crippen molar-refractivity contribution < 1.29 is 23.1 Å². The summed E-state index contributed by atoms with van der Waals surface area (Å²) in [4.78, 5) is 20.4. The first-order valence-corrected chi connectivity index (χ1v) is 4.81. The van der Waals surface area contributed by atoms with Crippen LogP contribution in [0.5, 0.6) is 0 Å². The van der Waals surface area contributed by atoms with Crippen molar-refractivity contribution in [2.45, 2.75) is 12.2 Å². The molecule has 4 N–H and O–H groups in total. The molecule has 0 aliphatic carbocycles. The van der Waals surface area contributed by atoms with E-state index in [4.69, 9.17) is 5.11 Å². The van der Waals surface area contributed by atoms with Crippen molar-refractivity contribution in [3.63, 3.8) is 0 Å². The van der Waals surface area contributed by atoms with Crippen molar-refractivity contribution in [2.75, 3.05) is 6.54 Å². The molecule has 0 spiro atoms. The van der Waals surface area contributed by atoms with Crippen LogP contribution in [0.4, 0.5) is 0 Å². The highest BCUT2D eigenvalue weighted by molar-refractivity contribution is 7.90. The molecular formula is C5H10N2O5S. The van der Waals surface area contributed by atoms with Crippen LogP contribution >= 0.6 is 0 Å². The van der Waals surface area contributed by atoms with Crippen LogP contribution in [0.3, 0.4) is 0 Å². The van der Waals surface area contributed by atoms with E-state index >= 15 is 0 Å². The van der Waals surface area contributed by atoms with Gasteiger partial charge >= 0.3 is 5.97 Å². The van der Waals surface area contributed by atoms with Crippen LogP contribution in [0.2, 0.25) is 0 Å². The standard InChI is InChI=1S/C5H10N2O5S/c1-3(5(9)10)13(11,12)7-2-4(6)8/h3,7H,2H2,1H3,(H2,6,8)(H,9,10). The second-order valence-electron chi connectivity index (χ2n) is 2.31. The molecule has 13 heavy (non-hydrogen) atoms. The van der Waals surface area contributed by atoms with E-state index in [2.05, 4.69) is 5.73 Å². The van der Waals surface area contributed by atoms with Crippen LogP contribution in [0.15, 0.2) is 0 Å². The lowest BCUT2D eigenvalue weighted by atomic mass is 10.5. The number of primary amides is 1. The van der Waals surface area contributed by atoms with Gasteiger partial charge in [-0.05, 0) is 6.92 Å². The van der Waals surface area contributed by atoms with E-state index in [1.165, 1.54) is 0 Å². The molecule has 0 aliphatic heterocycles. The Hall–Kier alpha value is -1.15. The first kappa shape index (κ1) is 11.8. The number of aliphatic carboxylic acids is 1. The number of sulfonamides is 1. The second-order valence-corrected chi connectivity index (χ2v) is 4.40. The number of carboxylic acid groups (broad SMARTS) is 1. The molecular weight excluding hydrogens is 200 g/mol. The quantitative estimate of drug-likeness (QED) is 0.477. The summed E-state index contributed by atoms with van der Waals surface area (Å²) in [5.74, 6) is -2.36. The van der Waals surface area contributed by atoms with Crippen LogP contribution in [0, 0.1) is 0 Å². The molecule has 0 saturated carbocycles. The number of hydrogen-bond donors (Lipinski definition) is 3. The van der Waals surface area contributed by atoms with Crippen molar-refractivity contribution in [3.8, 4) is 0 Å². The third-order valence-electron chi connectivity index (χ3n) is 1.26. The van der Waals surface area contributed by atoms with Crippen LogP contribution in [0.25, 0.3) is 0 Å². The fourth-order valence-electron chi connectivity index (χ4n) is 0.429. The van der Waals surface area contributed by atoms with Gasteiger partial charge in [-0.15, -0.1) is 0 Å². The van der Waals surface area contributed by atoms with Gasteiger partial charge < -0.3 is 10.8 Å². The fourth-order valence-corrected chi connectivity index (χ4v) is 1.29. The van der Waals surface area contributed by atoms with Gasteiger partial charge in [0.25, 0.3) is 0 Å².